The first-order chi connectivity index (χ1) is 9.78. The van der Waals surface area contributed by atoms with Gasteiger partial charge in [-0.25, -0.2) is 0 Å². The van der Waals surface area contributed by atoms with Crippen LogP contribution in [0.3, 0.4) is 0 Å². The molecule has 2 atom stereocenters. The Morgan fingerprint density at radius 1 is 1.20 bits per heavy atom. The maximum absolute atomic E-state index is 5.79. The second kappa shape index (κ2) is 5.92. The molecule has 0 saturated carbocycles. The number of hydrogen-bond acceptors (Lipinski definition) is 4. The van der Waals surface area contributed by atoms with Crippen LogP contribution in [-0.2, 0) is 0 Å². The van der Waals surface area contributed by atoms with E-state index in [4.69, 9.17) is 9.47 Å². The lowest BCUT2D eigenvalue weighted by Gasteiger charge is -2.39. The molecule has 2 aliphatic heterocycles. The number of nitrogens with zero attached hydrogens (tertiary/aromatic N) is 1. The van der Waals surface area contributed by atoms with Gasteiger partial charge in [-0.05, 0) is 38.9 Å². The van der Waals surface area contributed by atoms with Crippen LogP contribution in [0.25, 0.3) is 0 Å². The number of piperidine rings is 1. The quantitative estimate of drug-likeness (QED) is 0.899. The standard InChI is InChI=1S/C16H24N2O2/c1-12-10-13(17-2)6-7-18(12)14-4-5-15-16(11-14)20-9-3-8-19-15/h4-5,11-13,17H,3,6-10H2,1-2H3. The van der Waals surface area contributed by atoms with Crippen molar-refractivity contribution in [3.05, 3.63) is 18.2 Å². The molecule has 2 unspecified atom stereocenters. The topological polar surface area (TPSA) is 33.7 Å². The van der Waals surface area contributed by atoms with Crippen LogP contribution in [-0.4, -0.2) is 38.9 Å². The maximum Gasteiger partial charge on any atom is 0.163 e. The second-order valence-electron chi connectivity index (χ2n) is 5.73. The van der Waals surface area contributed by atoms with E-state index in [-0.39, 0.29) is 0 Å². The van der Waals surface area contributed by atoms with Gasteiger partial charge in [0, 0.05) is 36.8 Å². The molecule has 2 aliphatic rings. The molecule has 0 amide bonds. The van der Waals surface area contributed by atoms with Crippen molar-refractivity contribution in [3.63, 3.8) is 0 Å². The minimum atomic E-state index is 0.547. The molecule has 1 fully saturated rings. The van der Waals surface area contributed by atoms with Gasteiger partial charge in [0.05, 0.1) is 13.2 Å². The predicted octanol–water partition coefficient (Wildman–Crippen LogP) is 2.42. The van der Waals surface area contributed by atoms with Crippen molar-refractivity contribution in [2.75, 3.05) is 31.7 Å². The highest BCUT2D eigenvalue weighted by Gasteiger charge is 2.25. The summed E-state index contributed by atoms with van der Waals surface area (Å²) < 4.78 is 11.5. The summed E-state index contributed by atoms with van der Waals surface area (Å²) in [4.78, 5) is 2.47. The Morgan fingerprint density at radius 2 is 2.00 bits per heavy atom. The van der Waals surface area contributed by atoms with E-state index in [9.17, 15) is 0 Å². The SMILES string of the molecule is CNC1CCN(c2ccc3c(c2)OCCCO3)C(C)C1. The van der Waals surface area contributed by atoms with Crippen LogP contribution in [0.5, 0.6) is 11.5 Å². The summed E-state index contributed by atoms with van der Waals surface area (Å²) in [6.07, 6.45) is 3.33. The van der Waals surface area contributed by atoms with E-state index in [0.717, 1.165) is 37.7 Å². The van der Waals surface area contributed by atoms with Gasteiger partial charge >= 0.3 is 0 Å². The molecule has 1 aromatic carbocycles. The molecule has 0 aromatic heterocycles. The highest BCUT2D eigenvalue weighted by atomic mass is 16.5. The normalized spacial score (nSPS) is 26.2. The molecular formula is C16H24N2O2. The molecule has 110 valence electrons. The van der Waals surface area contributed by atoms with Crippen molar-refractivity contribution in [1.82, 2.24) is 5.32 Å². The molecule has 0 aliphatic carbocycles. The number of benzene rings is 1. The first-order valence-corrected chi connectivity index (χ1v) is 7.61. The Hall–Kier alpha value is -1.42. The lowest BCUT2D eigenvalue weighted by atomic mass is 9.97. The monoisotopic (exact) mass is 276 g/mol. The molecular weight excluding hydrogens is 252 g/mol. The molecule has 3 rings (SSSR count). The first kappa shape index (κ1) is 13.6. The van der Waals surface area contributed by atoms with E-state index in [1.807, 2.05) is 6.07 Å². The van der Waals surface area contributed by atoms with Gasteiger partial charge < -0.3 is 19.7 Å². The van der Waals surface area contributed by atoms with Crippen LogP contribution in [0, 0.1) is 0 Å². The summed E-state index contributed by atoms with van der Waals surface area (Å²) in [5.74, 6) is 1.77. The zero-order chi connectivity index (χ0) is 13.9. The van der Waals surface area contributed by atoms with Gasteiger partial charge in [-0.1, -0.05) is 0 Å². The zero-order valence-corrected chi connectivity index (χ0v) is 12.4. The van der Waals surface area contributed by atoms with Gasteiger partial charge in [-0.2, -0.15) is 0 Å². The van der Waals surface area contributed by atoms with E-state index in [1.54, 1.807) is 0 Å². The molecule has 1 saturated heterocycles. The zero-order valence-electron chi connectivity index (χ0n) is 12.4. The second-order valence-corrected chi connectivity index (χ2v) is 5.73. The fraction of sp³-hybridized carbons (Fsp3) is 0.625. The molecule has 20 heavy (non-hydrogen) atoms. The lowest BCUT2D eigenvalue weighted by Crippen LogP contribution is -2.46. The van der Waals surface area contributed by atoms with Gasteiger partial charge in [-0.15, -0.1) is 0 Å². The van der Waals surface area contributed by atoms with E-state index < -0.39 is 0 Å². The van der Waals surface area contributed by atoms with Gasteiger partial charge in [0.15, 0.2) is 11.5 Å². The average molecular weight is 276 g/mol. The number of rotatable bonds is 2. The Morgan fingerprint density at radius 3 is 2.75 bits per heavy atom. The van der Waals surface area contributed by atoms with Gasteiger partial charge in [0.2, 0.25) is 0 Å². The number of nitrogens with one attached hydrogen (secondary N) is 1. The molecule has 1 aromatic rings. The predicted molar refractivity (Wildman–Crippen MR) is 80.9 cm³/mol. The highest BCUT2D eigenvalue weighted by molar-refractivity contribution is 5.57. The van der Waals surface area contributed by atoms with E-state index in [0.29, 0.717) is 12.1 Å². The lowest BCUT2D eigenvalue weighted by molar-refractivity contribution is 0.297. The Kier molecular flexibility index (Phi) is 4.01. The van der Waals surface area contributed by atoms with E-state index >= 15 is 0 Å². The van der Waals surface area contributed by atoms with Crippen molar-refractivity contribution in [2.24, 2.45) is 0 Å². The van der Waals surface area contributed by atoms with Crippen LogP contribution in [0.1, 0.15) is 26.2 Å². The number of fused-ring (bicyclic) bond motifs is 1. The van der Waals surface area contributed by atoms with Crippen molar-refractivity contribution >= 4 is 5.69 Å². The summed E-state index contributed by atoms with van der Waals surface area (Å²) in [6.45, 7) is 4.88. The van der Waals surface area contributed by atoms with E-state index in [1.165, 1.54) is 18.5 Å². The van der Waals surface area contributed by atoms with Crippen molar-refractivity contribution in [1.29, 1.82) is 0 Å². The van der Waals surface area contributed by atoms with Gasteiger partial charge in [0.25, 0.3) is 0 Å². The Labute approximate surface area is 121 Å². The van der Waals surface area contributed by atoms with Crippen LogP contribution in [0.2, 0.25) is 0 Å². The molecule has 4 nitrogen and oxygen atoms in total. The fourth-order valence-electron chi connectivity index (χ4n) is 3.15. The van der Waals surface area contributed by atoms with Gasteiger partial charge in [-0.3, -0.25) is 0 Å². The third-order valence-electron chi connectivity index (χ3n) is 4.35. The molecule has 0 radical (unpaired) electrons. The number of ether oxygens (including phenoxy) is 2. The van der Waals surface area contributed by atoms with Crippen molar-refractivity contribution in [2.45, 2.75) is 38.3 Å². The Bertz CT molecular complexity index is 464. The fourth-order valence-corrected chi connectivity index (χ4v) is 3.15. The summed E-state index contributed by atoms with van der Waals surface area (Å²) in [6, 6.07) is 7.53. The number of hydrogen-bond donors (Lipinski definition) is 1. The summed E-state index contributed by atoms with van der Waals surface area (Å²) in [7, 11) is 2.06. The summed E-state index contributed by atoms with van der Waals surface area (Å²) in [5.41, 5.74) is 1.25. The molecule has 0 spiro atoms. The van der Waals surface area contributed by atoms with Crippen LogP contribution < -0.4 is 19.7 Å². The van der Waals surface area contributed by atoms with Crippen LogP contribution in [0.4, 0.5) is 5.69 Å². The van der Waals surface area contributed by atoms with Crippen LogP contribution >= 0.6 is 0 Å². The highest BCUT2D eigenvalue weighted by Crippen LogP contribution is 2.35. The van der Waals surface area contributed by atoms with Crippen LogP contribution in [0.15, 0.2) is 18.2 Å². The first-order valence-electron chi connectivity index (χ1n) is 7.61. The van der Waals surface area contributed by atoms with E-state index in [2.05, 4.69) is 36.3 Å². The van der Waals surface area contributed by atoms with Crippen molar-refractivity contribution in [3.8, 4) is 11.5 Å². The third kappa shape index (κ3) is 2.70. The molecule has 2 heterocycles. The Balaban J connectivity index is 1.79. The minimum Gasteiger partial charge on any atom is -0.490 e. The average Bonchev–Trinajstić information content (AvgIpc) is 2.71. The van der Waals surface area contributed by atoms with Gasteiger partial charge in [0.1, 0.15) is 0 Å². The maximum atomic E-state index is 5.79. The number of anilines is 1. The molecule has 4 heteroatoms. The smallest absolute Gasteiger partial charge is 0.163 e. The summed E-state index contributed by atoms with van der Waals surface area (Å²) in [5, 5.41) is 3.39. The summed E-state index contributed by atoms with van der Waals surface area (Å²) >= 11 is 0. The third-order valence-corrected chi connectivity index (χ3v) is 4.35. The molecule has 1 N–H and O–H groups in total. The van der Waals surface area contributed by atoms with Crippen molar-refractivity contribution < 1.29 is 9.47 Å². The largest absolute Gasteiger partial charge is 0.490 e. The minimum absolute atomic E-state index is 0.547. The molecule has 0 bridgehead atoms.